The molecule has 0 aromatic heterocycles. The lowest BCUT2D eigenvalue weighted by Crippen LogP contribution is -2.40. The number of hydrogen-bond donors (Lipinski definition) is 0. The minimum Gasteiger partial charge on any atom is -0.166 e. The molecule has 394 valence electrons. The Balaban J connectivity index is 1.36. The summed E-state index contributed by atoms with van der Waals surface area (Å²) in [5.41, 5.74) is 1.09. The topological polar surface area (TPSA) is 0 Å². The number of rotatable bonds is 11. The van der Waals surface area contributed by atoms with Gasteiger partial charge in [-0.25, -0.2) is 0 Å². The van der Waals surface area contributed by atoms with Crippen molar-refractivity contribution in [2.75, 3.05) is 0 Å². The molecule has 2 aliphatic rings. The molecule has 0 unspecified atom stereocenters. The van der Waals surface area contributed by atoms with Crippen molar-refractivity contribution in [2.45, 2.75) is 49.9 Å². The Hall–Kier alpha value is -7.69. The van der Waals surface area contributed by atoms with Gasteiger partial charge in [0.15, 0.2) is 0 Å². The van der Waals surface area contributed by atoms with E-state index >= 15 is 52.7 Å². The molecule has 8 aromatic rings. The van der Waals surface area contributed by atoms with Gasteiger partial charge in [-0.15, -0.1) is 0 Å². The highest BCUT2D eigenvalue weighted by atomic mass is 28.3. The van der Waals surface area contributed by atoms with E-state index in [1.807, 2.05) is 13.1 Å². The van der Waals surface area contributed by atoms with Crippen molar-refractivity contribution in [3.05, 3.63) is 285 Å². The van der Waals surface area contributed by atoms with Crippen LogP contribution in [0, 0.1) is 0 Å². The fraction of sp³-hybridized carbons (Fsp3) is 0.125. The highest BCUT2D eigenvalue weighted by Crippen LogP contribution is 2.62. The van der Waals surface area contributed by atoms with Gasteiger partial charge < -0.3 is 0 Å². The van der Waals surface area contributed by atoms with Crippen LogP contribution in [0.3, 0.4) is 0 Å². The third kappa shape index (κ3) is 10.1. The van der Waals surface area contributed by atoms with Gasteiger partial charge >= 0.3 is 24.7 Å². The maximum absolute atomic E-state index is 15.0. The van der Waals surface area contributed by atoms with Crippen molar-refractivity contribution < 1.29 is 52.7 Å². The summed E-state index contributed by atoms with van der Waals surface area (Å²) in [6, 6.07) is 55.0. The molecule has 78 heavy (non-hydrogen) atoms. The van der Waals surface area contributed by atoms with Crippen LogP contribution in [0.15, 0.2) is 218 Å². The van der Waals surface area contributed by atoms with E-state index in [0.29, 0.717) is 65.3 Å². The summed E-state index contributed by atoms with van der Waals surface area (Å²) >= 11 is 0. The highest BCUT2D eigenvalue weighted by Gasteiger charge is 2.53. The summed E-state index contributed by atoms with van der Waals surface area (Å²) in [7, 11) is -7.98. The predicted octanol–water partition coefficient (Wildman–Crippen LogP) is 19.8. The molecule has 0 saturated carbocycles. The van der Waals surface area contributed by atoms with Crippen molar-refractivity contribution >= 4 is 59.2 Å². The van der Waals surface area contributed by atoms with E-state index in [1.54, 1.807) is 146 Å². The standard InChI is InChI=1S/C64H46F12Si2/c1-77(57(45-27-15-31-49(37-45)61(65,66)67)53(41-19-7-3-8-20-41)54(42-21-9-4-10-22-42)58(77)46-28-16-32-50(38-46)62(68,69)70)35-36-78(2)59(47-29-17-33-51(39-47)63(71,72)73)55(43-23-11-5-12-24-43)56(44-25-13-6-14-26-44)60(78)48-30-18-34-52(40-48)64(74,75)76/h3-34,37-40H,35-36H2,1-2H3. The van der Waals surface area contributed by atoms with Crippen LogP contribution in [0.25, 0.3) is 43.1 Å². The lowest BCUT2D eigenvalue weighted by atomic mass is 9.89. The molecule has 0 radical (unpaired) electrons. The van der Waals surface area contributed by atoms with Crippen molar-refractivity contribution in [2.24, 2.45) is 0 Å². The molecule has 0 fully saturated rings. The molecule has 0 N–H and O–H groups in total. The first-order valence-electron chi connectivity index (χ1n) is 24.9. The van der Waals surface area contributed by atoms with Crippen LogP contribution in [-0.4, -0.2) is 16.1 Å². The molecule has 0 bridgehead atoms. The SMILES string of the molecule is C[Si]1(CC[Si]2(C)C(c3cccc(C(F)(F)F)c3)=C(c3ccccc3)C(c3ccccc3)=C2c2cccc(C(F)(F)F)c2)C(c2cccc(C(F)(F)F)c2)=C(c2ccccc2)C(c2ccccc2)=C1c1cccc(C(F)(F)F)c1. The van der Waals surface area contributed by atoms with Crippen LogP contribution >= 0.6 is 0 Å². The van der Waals surface area contributed by atoms with E-state index in [4.69, 9.17) is 0 Å². The number of benzene rings is 8. The van der Waals surface area contributed by atoms with Crippen LogP contribution in [0.1, 0.15) is 66.8 Å². The van der Waals surface area contributed by atoms with Crippen LogP contribution in [0.2, 0.25) is 25.2 Å². The zero-order valence-electron chi connectivity index (χ0n) is 41.7. The number of hydrogen-bond acceptors (Lipinski definition) is 0. The van der Waals surface area contributed by atoms with Gasteiger partial charge in [-0.2, -0.15) is 52.7 Å². The number of allylic oxidation sites excluding steroid dienone is 4. The maximum atomic E-state index is 15.0. The van der Waals surface area contributed by atoms with Gasteiger partial charge in [-0.1, -0.05) is 195 Å². The van der Waals surface area contributed by atoms with Gasteiger partial charge in [0.2, 0.25) is 0 Å². The second kappa shape index (κ2) is 20.3. The van der Waals surface area contributed by atoms with Crippen LogP contribution < -0.4 is 0 Å². The van der Waals surface area contributed by atoms with Crippen LogP contribution in [0.5, 0.6) is 0 Å². The Morgan fingerprint density at radius 1 is 0.244 bits per heavy atom. The van der Waals surface area contributed by atoms with Crippen molar-refractivity contribution in [3.8, 4) is 0 Å². The van der Waals surface area contributed by atoms with Gasteiger partial charge in [0.05, 0.1) is 22.3 Å². The van der Waals surface area contributed by atoms with Crippen molar-refractivity contribution in [3.63, 3.8) is 0 Å². The lowest BCUT2D eigenvalue weighted by molar-refractivity contribution is -0.138. The molecule has 0 nitrogen and oxygen atoms in total. The Kier molecular flexibility index (Phi) is 14.0. The van der Waals surface area contributed by atoms with Gasteiger partial charge in [0, 0.05) is 0 Å². The van der Waals surface area contributed by atoms with Crippen molar-refractivity contribution in [1.29, 1.82) is 0 Å². The number of alkyl halides is 12. The third-order valence-electron chi connectivity index (χ3n) is 15.0. The molecule has 10 rings (SSSR count). The molecular weight excluding hydrogens is 1050 g/mol. The zero-order valence-corrected chi connectivity index (χ0v) is 43.7. The summed E-state index contributed by atoms with van der Waals surface area (Å²) in [6.45, 7) is 3.84. The minimum absolute atomic E-state index is 0.0502. The predicted molar refractivity (Wildman–Crippen MR) is 292 cm³/mol. The second-order valence-corrected chi connectivity index (χ2v) is 28.3. The van der Waals surface area contributed by atoms with E-state index < -0.39 is 63.1 Å². The average Bonchev–Trinajstić information content (AvgIpc) is 3.81. The normalized spacial score (nSPS) is 15.9. The van der Waals surface area contributed by atoms with Gasteiger partial charge in [-0.05, 0) is 136 Å². The van der Waals surface area contributed by atoms with Crippen LogP contribution in [-0.2, 0) is 24.7 Å². The Labute approximate surface area is 445 Å². The lowest BCUT2D eigenvalue weighted by Gasteiger charge is -2.37. The summed E-state index contributed by atoms with van der Waals surface area (Å²) < 4.78 is 180. The average molecular weight is 1100 g/mol. The smallest absolute Gasteiger partial charge is 0.166 e. The molecule has 0 spiro atoms. The molecule has 0 atom stereocenters. The molecule has 14 heteroatoms. The molecule has 8 aromatic carbocycles. The summed E-state index contributed by atoms with van der Waals surface area (Å²) in [5.74, 6) is 0. The Morgan fingerprint density at radius 2 is 0.423 bits per heavy atom. The Bertz CT molecular complexity index is 3200. The number of halogens is 12. The van der Waals surface area contributed by atoms with Gasteiger partial charge in [0.1, 0.15) is 16.1 Å². The molecule has 2 heterocycles. The quantitative estimate of drug-likeness (QED) is 0.0894. The van der Waals surface area contributed by atoms with E-state index in [1.165, 1.54) is 24.3 Å². The highest BCUT2D eigenvalue weighted by molar-refractivity contribution is 7.17. The van der Waals surface area contributed by atoms with Crippen LogP contribution in [0.4, 0.5) is 52.7 Å². The summed E-state index contributed by atoms with van der Waals surface area (Å²) in [4.78, 5) is 0. The first-order chi connectivity index (χ1) is 37.0. The van der Waals surface area contributed by atoms with Gasteiger partial charge in [-0.3, -0.25) is 0 Å². The largest absolute Gasteiger partial charge is 0.416 e. The molecule has 0 saturated heterocycles. The third-order valence-corrected chi connectivity index (χ3v) is 24.6. The van der Waals surface area contributed by atoms with E-state index in [9.17, 15) is 0 Å². The fourth-order valence-electron chi connectivity index (χ4n) is 11.7. The first kappa shape index (κ1) is 53.7. The first-order valence-corrected chi connectivity index (χ1v) is 30.3. The van der Waals surface area contributed by atoms with Crippen molar-refractivity contribution in [1.82, 2.24) is 0 Å². The molecule has 2 aliphatic heterocycles. The second-order valence-electron chi connectivity index (χ2n) is 19.9. The Morgan fingerprint density at radius 3 is 0.603 bits per heavy atom. The van der Waals surface area contributed by atoms with E-state index in [2.05, 4.69) is 0 Å². The fourth-order valence-corrected chi connectivity index (χ4v) is 23.6. The summed E-state index contributed by atoms with van der Waals surface area (Å²) in [5, 5.41) is 1.90. The molecular formula is C64H46F12Si2. The minimum atomic E-state index is -4.82. The monoisotopic (exact) mass is 1100 g/mol. The maximum Gasteiger partial charge on any atom is 0.416 e. The van der Waals surface area contributed by atoms with E-state index in [-0.39, 0.29) is 34.3 Å². The summed E-state index contributed by atoms with van der Waals surface area (Å²) in [6.07, 6.45) is -19.3. The van der Waals surface area contributed by atoms with E-state index in [0.717, 1.165) is 48.5 Å². The van der Waals surface area contributed by atoms with Gasteiger partial charge in [0.25, 0.3) is 0 Å². The zero-order chi connectivity index (χ0) is 55.4. The molecule has 0 amide bonds. The molecule has 0 aliphatic carbocycles.